The van der Waals surface area contributed by atoms with Gasteiger partial charge in [0, 0.05) is 29.2 Å². The molecule has 106 valence electrons. The summed E-state index contributed by atoms with van der Waals surface area (Å²) in [6, 6.07) is 15.0. The quantitative estimate of drug-likeness (QED) is 0.901. The minimum atomic E-state index is -0.175. The first-order chi connectivity index (χ1) is 9.61. The van der Waals surface area contributed by atoms with Crippen LogP contribution in [0.1, 0.15) is 17.2 Å². The fourth-order valence-electron chi connectivity index (χ4n) is 2.26. The molecule has 0 radical (unpaired) electrons. The van der Waals surface area contributed by atoms with Gasteiger partial charge in [0.15, 0.2) is 0 Å². The van der Waals surface area contributed by atoms with Gasteiger partial charge >= 0.3 is 0 Å². The van der Waals surface area contributed by atoms with Crippen LogP contribution in [0.5, 0.6) is 0 Å². The first-order valence-electron chi connectivity index (χ1n) is 6.51. The molecule has 0 fully saturated rings. The molecule has 2 N–H and O–H groups in total. The van der Waals surface area contributed by atoms with Crippen molar-refractivity contribution in [3.05, 3.63) is 69.9 Å². The highest BCUT2D eigenvalue weighted by molar-refractivity contribution is 9.10. The highest BCUT2D eigenvalue weighted by Crippen LogP contribution is 2.22. The number of likely N-dealkylation sites (N-methyl/N-ethyl adjacent to an activating group) is 1. The highest BCUT2D eigenvalue weighted by atomic mass is 79.9. The van der Waals surface area contributed by atoms with Gasteiger partial charge in [-0.25, -0.2) is 4.39 Å². The Hall–Kier alpha value is -1.23. The SMILES string of the molecule is CN(Cc1ccccc1F)C(CN)c1ccc(Br)cc1. The van der Waals surface area contributed by atoms with Crippen molar-refractivity contribution in [2.75, 3.05) is 13.6 Å². The van der Waals surface area contributed by atoms with E-state index in [1.807, 2.05) is 37.4 Å². The van der Waals surface area contributed by atoms with Crippen molar-refractivity contribution in [1.82, 2.24) is 4.90 Å². The smallest absolute Gasteiger partial charge is 0.127 e. The fourth-order valence-corrected chi connectivity index (χ4v) is 2.53. The second kappa shape index (κ2) is 6.97. The number of halogens is 2. The van der Waals surface area contributed by atoms with Gasteiger partial charge in [0.2, 0.25) is 0 Å². The van der Waals surface area contributed by atoms with E-state index in [0.29, 0.717) is 18.7 Å². The van der Waals surface area contributed by atoms with E-state index >= 15 is 0 Å². The second-order valence-corrected chi connectivity index (χ2v) is 5.73. The number of hydrogen-bond donors (Lipinski definition) is 1. The molecular formula is C16H18BrFN2. The topological polar surface area (TPSA) is 29.3 Å². The Morgan fingerprint density at radius 2 is 1.80 bits per heavy atom. The summed E-state index contributed by atoms with van der Waals surface area (Å²) in [7, 11) is 1.96. The zero-order valence-electron chi connectivity index (χ0n) is 11.4. The molecule has 1 atom stereocenters. The van der Waals surface area contributed by atoms with E-state index in [1.54, 1.807) is 12.1 Å². The Morgan fingerprint density at radius 1 is 1.15 bits per heavy atom. The van der Waals surface area contributed by atoms with Gasteiger partial charge in [-0.3, -0.25) is 4.90 Å². The number of nitrogens with two attached hydrogens (primary N) is 1. The van der Waals surface area contributed by atoms with Crippen molar-refractivity contribution < 1.29 is 4.39 Å². The third-order valence-electron chi connectivity index (χ3n) is 3.39. The molecule has 1 unspecified atom stereocenters. The molecule has 0 saturated carbocycles. The van der Waals surface area contributed by atoms with E-state index in [0.717, 1.165) is 10.0 Å². The van der Waals surface area contributed by atoms with E-state index in [4.69, 9.17) is 5.73 Å². The predicted octanol–water partition coefficient (Wildman–Crippen LogP) is 3.72. The van der Waals surface area contributed by atoms with Crippen molar-refractivity contribution in [3.8, 4) is 0 Å². The molecule has 2 rings (SSSR count). The molecular weight excluding hydrogens is 319 g/mol. The number of hydrogen-bond acceptors (Lipinski definition) is 2. The largest absolute Gasteiger partial charge is 0.329 e. The third kappa shape index (κ3) is 3.66. The summed E-state index contributed by atoms with van der Waals surface area (Å²) in [5, 5.41) is 0. The molecule has 4 heteroatoms. The molecule has 2 aromatic rings. The van der Waals surface area contributed by atoms with Crippen LogP contribution in [-0.2, 0) is 6.54 Å². The predicted molar refractivity (Wildman–Crippen MR) is 83.8 cm³/mol. The average Bonchev–Trinajstić information content (AvgIpc) is 2.44. The molecule has 2 nitrogen and oxygen atoms in total. The maximum Gasteiger partial charge on any atom is 0.127 e. The van der Waals surface area contributed by atoms with Crippen LogP contribution in [0.4, 0.5) is 4.39 Å². The summed E-state index contributed by atoms with van der Waals surface area (Å²) < 4.78 is 14.7. The molecule has 20 heavy (non-hydrogen) atoms. The fraction of sp³-hybridized carbons (Fsp3) is 0.250. The highest BCUT2D eigenvalue weighted by Gasteiger charge is 2.16. The molecule has 0 amide bonds. The molecule has 0 aliphatic heterocycles. The van der Waals surface area contributed by atoms with Gasteiger partial charge in [0.1, 0.15) is 5.82 Å². The van der Waals surface area contributed by atoms with E-state index in [-0.39, 0.29) is 11.9 Å². The summed E-state index contributed by atoms with van der Waals surface area (Å²) in [6.45, 7) is 1.02. The van der Waals surface area contributed by atoms with Crippen molar-refractivity contribution >= 4 is 15.9 Å². The lowest BCUT2D eigenvalue weighted by atomic mass is 10.0. The molecule has 0 bridgehead atoms. The van der Waals surface area contributed by atoms with Crippen molar-refractivity contribution in [1.29, 1.82) is 0 Å². The summed E-state index contributed by atoms with van der Waals surface area (Å²) in [5.74, 6) is -0.175. The third-order valence-corrected chi connectivity index (χ3v) is 3.92. The Morgan fingerprint density at radius 3 is 2.40 bits per heavy atom. The minimum absolute atomic E-state index is 0.0720. The molecule has 0 spiro atoms. The molecule has 0 aliphatic rings. The van der Waals surface area contributed by atoms with Gasteiger partial charge in [-0.1, -0.05) is 46.3 Å². The summed E-state index contributed by atoms with van der Waals surface area (Å²) in [5.41, 5.74) is 7.71. The average molecular weight is 337 g/mol. The van der Waals surface area contributed by atoms with Gasteiger partial charge in [-0.2, -0.15) is 0 Å². The van der Waals surface area contributed by atoms with Gasteiger partial charge in [-0.15, -0.1) is 0 Å². The summed E-state index contributed by atoms with van der Waals surface area (Å²) in [6.07, 6.45) is 0. The van der Waals surface area contributed by atoms with Crippen LogP contribution < -0.4 is 5.73 Å². The van der Waals surface area contributed by atoms with Crippen LogP contribution >= 0.6 is 15.9 Å². The van der Waals surface area contributed by atoms with Crippen LogP contribution in [-0.4, -0.2) is 18.5 Å². The maximum atomic E-state index is 13.7. The number of nitrogens with zero attached hydrogens (tertiary/aromatic N) is 1. The Kier molecular flexibility index (Phi) is 5.29. The zero-order valence-corrected chi connectivity index (χ0v) is 13.0. The van der Waals surface area contributed by atoms with Crippen molar-refractivity contribution in [2.45, 2.75) is 12.6 Å². The van der Waals surface area contributed by atoms with E-state index in [9.17, 15) is 4.39 Å². The molecule has 0 aromatic heterocycles. The molecule has 2 aromatic carbocycles. The normalized spacial score (nSPS) is 12.7. The molecule has 0 aliphatic carbocycles. The van der Waals surface area contributed by atoms with Crippen LogP contribution in [0, 0.1) is 5.82 Å². The monoisotopic (exact) mass is 336 g/mol. The summed E-state index contributed by atoms with van der Waals surface area (Å²) >= 11 is 3.42. The van der Waals surface area contributed by atoms with Gasteiger partial charge in [-0.05, 0) is 30.8 Å². The Labute approximate surface area is 127 Å². The zero-order chi connectivity index (χ0) is 14.5. The van der Waals surface area contributed by atoms with Crippen molar-refractivity contribution in [3.63, 3.8) is 0 Å². The second-order valence-electron chi connectivity index (χ2n) is 4.81. The minimum Gasteiger partial charge on any atom is -0.329 e. The van der Waals surface area contributed by atoms with Gasteiger partial charge in [0.25, 0.3) is 0 Å². The summed E-state index contributed by atoms with van der Waals surface area (Å²) in [4.78, 5) is 2.07. The van der Waals surface area contributed by atoms with Crippen LogP contribution in [0.25, 0.3) is 0 Å². The Bertz CT molecular complexity index is 557. The van der Waals surface area contributed by atoms with Crippen LogP contribution in [0.3, 0.4) is 0 Å². The first kappa shape index (κ1) is 15.2. The van der Waals surface area contributed by atoms with Crippen LogP contribution in [0.2, 0.25) is 0 Å². The maximum absolute atomic E-state index is 13.7. The Balaban J connectivity index is 2.15. The van der Waals surface area contributed by atoms with E-state index < -0.39 is 0 Å². The van der Waals surface area contributed by atoms with E-state index in [2.05, 4.69) is 20.8 Å². The standard InChI is InChI=1S/C16H18BrFN2/c1-20(11-13-4-2-3-5-15(13)18)16(10-19)12-6-8-14(17)9-7-12/h2-9,16H,10-11,19H2,1H3. The number of benzene rings is 2. The van der Waals surface area contributed by atoms with Crippen molar-refractivity contribution in [2.24, 2.45) is 5.73 Å². The van der Waals surface area contributed by atoms with Gasteiger partial charge in [0.05, 0.1) is 0 Å². The molecule has 0 heterocycles. The van der Waals surface area contributed by atoms with Gasteiger partial charge < -0.3 is 5.73 Å². The first-order valence-corrected chi connectivity index (χ1v) is 7.30. The lowest BCUT2D eigenvalue weighted by Crippen LogP contribution is -2.30. The van der Waals surface area contributed by atoms with Crippen LogP contribution in [0.15, 0.2) is 53.0 Å². The number of rotatable bonds is 5. The lowest BCUT2D eigenvalue weighted by molar-refractivity contribution is 0.238. The molecule has 0 saturated heterocycles. The lowest BCUT2D eigenvalue weighted by Gasteiger charge is -2.27. The van der Waals surface area contributed by atoms with E-state index in [1.165, 1.54) is 6.07 Å².